The maximum atomic E-state index is 13.5. The summed E-state index contributed by atoms with van der Waals surface area (Å²) in [6, 6.07) is 6.69. The van der Waals surface area contributed by atoms with Crippen LogP contribution in [0.2, 0.25) is 0 Å². The molecule has 0 saturated carbocycles. The molecule has 1 aromatic rings. The largest absolute Gasteiger partial charge is 0.478 e. The monoisotopic (exact) mass is 420 g/mol. The van der Waals surface area contributed by atoms with Gasteiger partial charge in [-0.05, 0) is 54.9 Å². The lowest BCUT2D eigenvalue weighted by Crippen LogP contribution is -2.52. The first-order valence-corrected chi connectivity index (χ1v) is 11.1. The van der Waals surface area contributed by atoms with E-state index < -0.39 is 5.97 Å². The molecule has 2 aliphatic heterocycles. The van der Waals surface area contributed by atoms with Crippen LogP contribution >= 0.6 is 11.8 Å². The van der Waals surface area contributed by atoms with Gasteiger partial charge < -0.3 is 14.7 Å². The van der Waals surface area contributed by atoms with Gasteiger partial charge >= 0.3 is 5.97 Å². The predicted molar refractivity (Wildman–Crippen MR) is 114 cm³/mol. The fourth-order valence-electron chi connectivity index (χ4n) is 3.91. The van der Waals surface area contributed by atoms with E-state index in [2.05, 4.69) is 15.9 Å². The molecule has 5 nitrogen and oxygen atoms in total. The Morgan fingerprint density at radius 3 is 2.76 bits per heavy atom. The van der Waals surface area contributed by atoms with E-state index >= 15 is 0 Å². The molecule has 1 aromatic carbocycles. The smallest absolute Gasteiger partial charge is 0.338 e. The zero-order valence-corrected chi connectivity index (χ0v) is 17.9. The Bertz CT molecular complexity index is 790. The number of thioether (sulfide) groups is 1. The maximum absolute atomic E-state index is 13.5. The van der Waals surface area contributed by atoms with Gasteiger partial charge in [0.05, 0.1) is 23.8 Å². The van der Waals surface area contributed by atoms with Crippen LogP contribution in [0.3, 0.4) is 0 Å². The number of benzene rings is 1. The second kappa shape index (κ2) is 10.3. The molecule has 0 aromatic heterocycles. The van der Waals surface area contributed by atoms with Crippen LogP contribution in [0.5, 0.6) is 0 Å². The number of nitrogens with zero attached hydrogens (tertiary/aromatic N) is 2. The number of carboxylic acids is 1. The van der Waals surface area contributed by atoms with Crippen molar-refractivity contribution >= 4 is 17.7 Å². The summed E-state index contributed by atoms with van der Waals surface area (Å²) in [7, 11) is 0. The third-order valence-corrected chi connectivity index (χ3v) is 6.26. The Hall–Kier alpha value is -1.83. The Labute approximate surface area is 176 Å². The Balaban J connectivity index is 1.84. The highest BCUT2D eigenvalue weighted by Crippen LogP contribution is 2.36. The number of carboxylic acid groups (broad SMARTS) is 1. The Kier molecular flexibility index (Phi) is 7.75. The molecule has 1 fully saturated rings. The fraction of sp³-hybridized carbons (Fsp3) is 0.500. The molecule has 0 radical (unpaired) electrons. The van der Waals surface area contributed by atoms with Crippen LogP contribution in [0.4, 0.5) is 4.39 Å². The highest BCUT2D eigenvalue weighted by Gasteiger charge is 2.34. The summed E-state index contributed by atoms with van der Waals surface area (Å²) in [4.78, 5) is 16.6. The number of ether oxygens (including phenoxy) is 1. The molecule has 158 valence electrons. The molecule has 0 spiro atoms. The molecule has 2 heterocycles. The molecule has 0 aliphatic carbocycles. The molecule has 1 N–H and O–H groups in total. The van der Waals surface area contributed by atoms with Crippen molar-refractivity contribution in [1.29, 1.82) is 0 Å². The third-order valence-electron chi connectivity index (χ3n) is 5.26. The predicted octanol–water partition coefficient (Wildman–Crippen LogP) is 3.73. The van der Waals surface area contributed by atoms with Crippen molar-refractivity contribution in [1.82, 2.24) is 9.80 Å². The van der Waals surface area contributed by atoms with Gasteiger partial charge in [-0.2, -0.15) is 0 Å². The van der Waals surface area contributed by atoms with Gasteiger partial charge in [0.1, 0.15) is 12.0 Å². The molecular weight excluding hydrogens is 391 g/mol. The van der Waals surface area contributed by atoms with E-state index in [0.717, 1.165) is 47.8 Å². The number of hydrogen-bond acceptors (Lipinski definition) is 5. The van der Waals surface area contributed by atoms with Crippen molar-refractivity contribution in [3.05, 3.63) is 57.9 Å². The lowest BCUT2D eigenvalue weighted by Gasteiger charge is -2.44. The van der Waals surface area contributed by atoms with E-state index in [0.29, 0.717) is 25.3 Å². The molecule has 1 atom stereocenters. The lowest BCUT2D eigenvalue weighted by molar-refractivity contribution is -0.132. The van der Waals surface area contributed by atoms with Gasteiger partial charge in [-0.25, -0.2) is 9.18 Å². The first-order chi connectivity index (χ1) is 14.0. The molecule has 1 saturated heterocycles. The van der Waals surface area contributed by atoms with Gasteiger partial charge in [-0.3, -0.25) is 4.90 Å². The van der Waals surface area contributed by atoms with Crippen molar-refractivity contribution in [2.24, 2.45) is 0 Å². The summed E-state index contributed by atoms with van der Waals surface area (Å²) in [5.41, 5.74) is 2.17. The number of aliphatic carboxylic acids is 1. The average molecular weight is 421 g/mol. The summed E-state index contributed by atoms with van der Waals surface area (Å²) < 4.78 is 19.0. The molecule has 2 aliphatic rings. The molecular formula is C22H29FN2O3S. The van der Waals surface area contributed by atoms with Gasteiger partial charge in [0.2, 0.25) is 0 Å². The van der Waals surface area contributed by atoms with Crippen molar-refractivity contribution in [2.45, 2.75) is 32.9 Å². The van der Waals surface area contributed by atoms with Gasteiger partial charge in [-0.15, -0.1) is 11.8 Å². The third kappa shape index (κ3) is 5.41. The van der Waals surface area contributed by atoms with Crippen molar-refractivity contribution in [3.63, 3.8) is 0 Å². The SMILES string of the molecule is CCSC1=C(C(=O)O)C(C)=CC(N2CCOCC2)N1CCCc1cccc(F)c1. The minimum atomic E-state index is -0.884. The van der Waals surface area contributed by atoms with E-state index in [1.54, 1.807) is 23.9 Å². The van der Waals surface area contributed by atoms with E-state index in [1.807, 2.05) is 19.9 Å². The molecule has 3 rings (SSSR count). The fourth-order valence-corrected chi connectivity index (χ4v) is 4.94. The highest BCUT2D eigenvalue weighted by atomic mass is 32.2. The van der Waals surface area contributed by atoms with Gasteiger partial charge in [-0.1, -0.05) is 19.1 Å². The molecule has 7 heteroatoms. The second-order valence-electron chi connectivity index (χ2n) is 7.26. The van der Waals surface area contributed by atoms with Crippen molar-refractivity contribution in [3.8, 4) is 0 Å². The first-order valence-electron chi connectivity index (χ1n) is 10.1. The van der Waals surface area contributed by atoms with Gasteiger partial charge in [0, 0.05) is 19.6 Å². The molecule has 1 unspecified atom stereocenters. The summed E-state index contributed by atoms with van der Waals surface area (Å²) in [6.45, 7) is 7.65. The molecule has 0 bridgehead atoms. The number of rotatable bonds is 8. The molecule has 0 amide bonds. The topological polar surface area (TPSA) is 53.0 Å². The summed E-state index contributed by atoms with van der Waals surface area (Å²) in [6.07, 6.45) is 3.65. The van der Waals surface area contributed by atoms with Crippen LogP contribution in [0.1, 0.15) is 25.8 Å². The van der Waals surface area contributed by atoms with Crippen molar-refractivity contribution in [2.75, 3.05) is 38.6 Å². The normalized spacial score (nSPS) is 20.7. The second-order valence-corrected chi connectivity index (χ2v) is 8.51. The number of hydrogen-bond donors (Lipinski definition) is 1. The van der Waals surface area contributed by atoms with Gasteiger partial charge in [0.15, 0.2) is 0 Å². The zero-order chi connectivity index (χ0) is 20.8. The first kappa shape index (κ1) is 21.9. The Morgan fingerprint density at radius 1 is 1.34 bits per heavy atom. The van der Waals surface area contributed by atoms with Crippen LogP contribution in [0.25, 0.3) is 0 Å². The van der Waals surface area contributed by atoms with E-state index in [-0.39, 0.29) is 12.0 Å². The maximum Gasteiger partial charge on any atom is 0.338 e. The number of aryl methyl sites for hydroxylation is 1. The van der Waals surface area contributed by atoms with E-state index in [9.17, 15) is 14.3 Å². The summed E-state index contributed by atoms with van der Waals surface area (Å²) >= 11 is 1.58. The Morgan fingerprint density at radius 2 is 2.10 bits per heavy atom. The standard InChI is InChI=1S/C22H29FN2O3S/c1-3-29-21-20(22(26)27)16(2)14-19(24-10-12-28-13-11-24)25(21)9-5-7-17-6-4-8-18(23)15-17/h4,6,8,14-15,19H,3,5,7,9-13H2,1-2H3,(H,26,27). The minimum absolute atomic E-state index is 0.0172. The van der Waals surface area contributed by atoms with E-state index in [1.165, 1.54) is 6.07 Å². The zero-order valence-electron chi connectivity index (χ0n) is 17.1. The molecule has 29 heavy (non-hydrogen) atoms. The van der Waals surface area contributed by atoms with Gasteiger partial charge in [0.25, 0.3) is 0 Å². The summed E-state index contributed by atoms with van der Waals surface area (Å²) in [5, 5.41) is 10.7. The average Bonchev–Trinajstić information content (AvgIpc) is 2.70. The number of halogens is 1. The van der Waals surface area contributed by atoms with Crippen LogP contribution in [-0.2, 0) is 16.0 Å². The van der Waals surface area contributed by atoms with Crippen molar-refractivity contribution < 1.29 is 19.0 Å². The van der Waals surface area contributed by atoms with Crippen LogP contribution in [0, 0.1) is 5.82 Å². The van der Waals surface area contributed by atoms with Crippen LogP contribution in [-0.4, -0.2) is 65.6 Å². The number of carbonyl (C=O) groups is 1. The quantitative estimate of drug-likeness (QED) is 0.692. The highest BCUT2D eigenvalue weighted by molar-refractivity contribution is 8.03. The van der Waals surface area contributed by atoms with Crippen LogP contribution in [0.15, 0.2) is 46.5 Å². The summed E-state index contributed by atoms with van der Waals surface area (Å²) in [5.74, 6) is -0.305. The van der Waals surface area contributed by atoms with Crippen LogP contribution < -0.4 is 0 Å². The minimum Gasteiger partial charge on any atom is -0.478 e. The number of morpholine rings is 1. The lowest BCUT2D eigenvalue weighted by atomic mass is 10.0. The van der Waals surface area contributed by atoms with E-state index in [4.69, 9.17) is 4.74 Å².